The van der Waals surface area contributed by atoms with Crippen LogP contribution in [0.1, 0.15) is 40.2 Å². The smallest absolute Gasteiger partial charge is 0.328 e. The van der Waals surface area contributed by atoms with Gasteiger partial charge >= 0.3 is 5.97 Å². The molecule has 2 amide bonds. The highest BCUT2D eigenvalue weighted by Crippen LogP contribution is 2.15. The maximum absolute atomic E-state index is 12.0. The van der Waals surface area contributed by atoms with Crippen molar-refractivity contribution in [3.8, 4) is 0 Å². The van der Waals surface area contributed by atoms with Crippen LogP contribution in [0, 0.1) is 0 Å². The standard InChI is InChI=1S/C14H16N2O4.2C2H6/c1-10(17)16-9-13(18)15(8-12(16)14(19)20)7-11-5-3-2-4-6-11;2*1-2/h2-6,12H,7-9H2,1H3,(H,19,20);2*1-2H3. The first-order chi connectivity index (χ1) is 11.5. The predicted octanol–water partition coefficient (Wildman–Crippen LogP) is 2.38. The largest absolute Gasteiger partial charge is 0.480 e. The van der Waals surface area contributed by atoms with E-state index in [1.54, 1.807) is 0 Å². The molecule has 0 radical (unpaired) electrons. The molecule has 0 bridgehead atoms. The van der Waals surface area contributed by atoms with Crippen molar-refractivity contribution < 1.29 is 19.5 Å². The van der Waals surface area contributed by atoms with Gasteiger partial charge in [0.25, 0.3) is 0 Å². The quantitative estimate of drug-likeness (QED) is 0.919. The van der Waals surface area contributed by atoms with Gasteiger partial charge in [-0.2, -0.15) is 0 Å². The number of rotatable bonds is 3. The van der Waals surface area contributed by atoms with E-state index in [1.165, 1.54) is 11.8 Å². The van der Waals surface area contributed by atoms with Crippen LogP contribution < -0.4 is 0 Å². The molecule has 1 saturated heterocycles. The third kappa shape index (κ3) is 6.02. The average Bonchev–Trinajstić information content (AvgIpc) is 2.60. The van der Waals surface area contributed by atoms with Crippen molar-refractivity contribution in [1.82, 2.24) is 9.80 Å². The highest BCUT2D eigenvalue weighted by molar-refractivity contribution is 5.90. The summed E-state index contributed by atoms with van der Waals surface area (Å²) in [4.78, 5) is 37.3. The molecule has 1 fully saturated rings. The number of hydrogen-bond donors (Lipinski definition) is 1. The maximum Gasteiger partial charge on any atom is 0.328 e. The van der Waals surface area contributed by atoms with Crippen LogP contribution >= 0.6 is 0 Å². The number of benzene rings is 1. The fourth-order valence-corrected chi connectivity index (χ4v) is 2.26. The van der Waals surface area contributed by atoms with Gasteiger partial charge in [-0.3, -0.25) is 9.59 Å². The summed E-state index contributed by atoms with van der Waals surface area (Å²) in [6, 6.07) is 8.37. The Morgan fingerprint density at radius 3 is 2.12 bits per heavy atom. The minimum Gasteiger partial charge on any atom is -0.480 e. The first kappa shape index (κ1) is 21.6. The van der Waals surface area contributed by atoms with Gasteiger partial charge in [0.15, 0.2) is 0 Å². The zero-order valence-electron chi connectivity index (χ0n) is 15.2. The van der Waals surface area contributed by atoms with Crippen molar-refractivity contribution in [1.29, 1.82) is 0 Å². The third-order valence-electron chi connectivity index (χ3n) is 3.33. The number of piperazine rings is 1. The first-order valence-corrected chi connectivity index (χ1v) is 8.30. The summed E-state index contributed by atoms with van der Waals surface area (Å²) >= 11 is 0. The van der Waals surface area contributed by atoms with Crippen LogP contribution in [0.25, 0.3) is 0 Å². The lowest BCUT2D eigenvalue weighted by Crippen LogP contribution is -2.59. The molecule has 0 spiro atoms. The fraction of sp³-hybridized carbons (Fsp3) is 0.500. The topological polar surface area (TPSA) is 77.9 Å². The van der Waals surface area contributed by atoms with E-state index in [2.05, 4.69) is 0 Å². The van der Waals surface area contributed by atoms with Gasteiger partial charge in [-0.25, -0.2) is 4.79 Å². The van der Waals surface area contributed by atoms with Crippen molar-refractivity contribution >= 4 is 17.8 Å². The van der Waals surface area contributed by atoms with E-state index in [0.29, 0.717) is 6.54 Å². The van der Waals surface area contributed by atoms with Gasteiger partial charge in [0, 0.05) is 13.5 Å². The summed E-state index contributed by atoms with van der Waals surface area (Å²) in [6.07, 6.45) is 0. The van der Waals surface area contributed by atoms with Crippen LogP contribution in [0.5, 0.6) is 0 Å². The van der Waals surface area contributed by atoms with Crippen molar-refractivity contribution in [2.75, 3.05) is 13.1 Å². The molecule has 134 valence electrons. The monoisotopic (exact) mass is 336 g/mol. The van der Waals surface area contributed by atoms with Crippen molar-refractivity contribution in [3.63, 3.8) is 0 Å². The summed E-state index contributed by atoms with van der Waals surface area (Å²) in [7, 11) is 0. The minimum absolute atomic E-state index is 0.0165. The molecular formula is C18H28N2O4. The number of amides is 2. The molecule has 6 heteroatoms. The Bertz CT molecular complexity index is 531. The van der Waals surface area contributed by atoms with Crippen molar-refractivity contribution in [2.24, 2.45) is 0 Å². The number of carboxylic acids is 1. The van der Waals surface area contributed by atoms with Gasteiger partial charge in [0.05, 0.1) is 6.54 Å². The van der Waals surface area contributed by atoms with E-state index in [4.69, 9.17) is 0 Å². The second-order valence-corrected chi connectivity index (χ2v) is 4.76. The number of nitrogens with zero attached hydrogens (tertiary/aromatic N) is 2. The first-order valence-electron chi connectivity index (χ1n) is 8.30. The molecule has 1 aromatic carbocycles. The van der Waals surface area contributed by atoms with Crippen LogP contribution in [-0.4, -0.2) is 51.8 Å². The summed E-state index contributed by atoms with van der Waals surface area (Å²) < 4.78 is 0. The predicted molar refractivity (Wildman–Crippen MR) is 93.4 cm³/mol. The van der Waals surface area contributed by atoms with Crippen LogP contribution in [0.15, 0.2) is 30.3 Å². The molecule has 2 rings (SSSR count). The summed E-state index contributed by atoms with van der Waals surface area (Å²) in [5, 5.41) is 9.20. The second-order valence-electron chi connectivity index (χ2n) is 4.76. The Balaban J connectivity index is 0.00000123. The highest BCUT2D eigenvalue weighted by Gasteiger charge is 2.37. The Kier molecular flexibility index (Phi) is 10.1. The van der Waals surface area contributed by atoms with E-state index >= 15 is 0 Å². The van der Waals surface area contributed by atoms with Crippen molar-refractivity contribution in [3.05, 3.63) is 35.9 Å². The molecule has 0 aromatic heterocycles. The van der Waals surface area contributed by atoms with Gasteiger partial charge in [-0.1, -0.05) is 58.0 Å². The number of carbonyl (C=O) groups is 3. The molecule has 24 heavy (non-hydrogen) atoms. The fourth-order valence-electron chi connectivity index (χ4n) is 2.26. The van der Waals surface area contributed by atoms with E-state index in [-0.39, 0.29) is 19.0 Å². The molecule has 0 aliphatic carbocycles. The van der Waals surface area contributed by atoms with Gasteiger partial charge in [-0.05, 0) is 5.56 Å². The van der Waals surface area contributed by atoms with Crippen LogP contribution in [0.4, 0.5) is 0 Å². The Labute approximate surface area is 144 Å². The van der Waals surface area contributed by atoms with Gasteiger partial charge < -0.3 is 14.9 Å². The lowest BCUT2D eigenvalue weighted by atomic mass is 10.1. The van der Waals surface area contributed by atoms with Crippen LogP contribution in [0.3, 0.4) is 0 Å². The zero-order valence-corrected chi connectivity index (χ0v) is 15.2. The number of aliphatic carboxylic acids is 1. The zero-order chi connectivity index (χ0) is 18.7. The molecule has 1 aliphatic heterocycles. The molecule has 0 saturated carbocycles. The lowest BCUT2D eigenvalue weighted by molar-refractivity contribution is -0.159. The summed E-state index contributed by atoms with van der Waals surface area (Å²) in [5.74, 6) is -1.72. The molecule has 1 aliphatic rings. The maximum atomic E-state index is 12.0. The molecule has 1 heterocycles. The van der Waals surface area contributed by atoms with Crippen molar-refractivity contribution in [2.45, 2.75) is 47.2 Å². The van der Waals surface area contributed by atoms with Gasteiger partial charge in [-0.15, -0.1) is 0 Å². The summed E-state index contributed by atoms with van der Waals surface area (Å²) in [5.41, 5.74) is 0.932. The molecule has 1 N–H and O–H groups in total. The number of hydrogen-bond acceptors (Lipinski definition) is 3. The third-order valence-corrected chi connectivity index (χ3v) is 3.33. The average molecular weight is 336 g/mol. The Morgan fingerprint density at radius 2 is 1.67 bits per heavy atom. The minimum atomic E-state index is -1.09. The van der Waals surface area contributed by atoms with E-state index in [9.17, 15) is 19.5 Å². The van der Waals surface area contributed by atoms with Crippen LogP contribution in [-0.2, 0) is 20.9 Å². The van der Waals surface area contributed by atoms with Crippen LogP contribution in [0.2, 0.25) is 0 Å². The van der Waals surface area contributed by atoms with E-state index in [0.717, 1.165) is 10.5 Å². The number of carboxylic acid groups (broad SMARTS) is 1. The molecule has 1 unspecified atom stereocenters. The normalized spacial score (nSPS) is 16.4. The highest BCUT2D eigenvalue weighted by atomic mass is 16.4. The molecule has 1 aromatic rings. The Morgan fingerprint density at radius 1 is 1.12 bits per heavy atom. The van der Waals surface area contributed by atoms with Gasteiger partial charge in [0.2, 0.25) is 11.8 Å². The molecule has 6 nitrogen and oxygen atoms in total. The lowest BCUT2D eigenvalue weighted by Gasteiger charge is -2.38. The Hall–Kier alpha value is -2.37. The van der Waals surface area contributed by atoms with E-state index < -0.39 is 17.9 Å². The molecule has 1 atom stereocenters. The molecular weight excluding hydrogens is 308 g/mol. The SMILES string of the molecule is CC.CC.CC(=O)N1CC(=O)N(Cc2ccccc2)CC1C(=O)O. The second kappa shape index (κ2) is 11.2. The van der Waals surface area contributed by atoms with Gasteiger partial charge in [0.1, 0.15) is 12.6 Å². The summed E-state index contributed by atoms with van der Waals surface area (Å²) in [6.45, 7) is 9.47. The number of carbonyl (C=O) groups excluding carboxylic acids is 2. The van der Waals surface area contributed by atoms with E-state index in [1.807, 2.05) is 58.0 Å².